The smallest absolute Gasteiger partial charge is 0.219 e. The highest BCUT2D eigenvalue weighted by atomic mass is 35.5. The van der Waals surface area contributed by atoms with Crippen LogP contribution in [0.3, 0.4) is 0 Å². The number of nitrogens with two attached hydrogens (primary N) is 2. The highest BCUT2D eigenvalue weighted by Gasteiger charge is 1.94. The third-order valence-corrected chi connectivity index (χ3v) is 1.61. The van der Waals surface area contributed by atoms with Crippen molar-refractivity contribution in [3.05, 3.63) is 24.3 Å². The molecular weight excluding hydrogens is 202 g/mol. The minimum Gasteiger partial charge on any atom is -0.399 e. The van der Waals surface area contributed by atoms with Crippen molar-refractivity contribution in [2.75, 3.05) is 17.6 Å². The normalized spacial score (nSPS) is 8.86. The molecule has 78 valence electrons. The Morgan fingerprint density at radius 2 is 1.86 bits per heavy atom. The van der Waals surface area contributed by atoms with E-state index in [1.165, 1.54) is 0 Å². The molecule has 5 heteroatoms. The number of nitrogens with one attached hydrogen (secondary N) is 1. The van der Waals surface area contributed by atoms with Gasteiger partial charge in [-0.25, -0.2) is 0 Å². The van der Waals surface area contributed by atoms with Gasteiger partial charge in [-0.3, -0.25) is 4.79 Å². The van der Waals surface area contributed by atoms with E-state index in [0.29, 0.717) is 13.0 Å². The maximum Gasteiger partial charge on any atom is 0.219 e. The predicted octanol–water partition coefficient (Wildman–Crippen LogP) is 0.978. The summed E-state index contributed by atoms with van der Waals surface area (Å²) < 4.78 is 0. The van der Waals surface area contributed by atoms with E-state index in [1.54, 1.807) is 12.1 Å². The number of nitrogen functional groups attached to an aromatic ring is 1. The van der Waals surface area contributed by atoms with Gasteiger partial charge in [0.1, 0.15) is 0 Å². The molecule has 0 unspecified atom stereocenters. The van der Waals surface area contributed by atoms with Gasteiger partial charge in [-0.1, -0.05) is 0 Å². The lowest BCUT2D eigenvalue weighted by molar-refractivity contribution is -0.117. The molecule has 0 spiro atoms. The maximum atomic E-state index is 10.4. The zero-order valence-corrected chi connectivity index (χ0v) is 8.51. The molecule has 0 saturated heterocycles. The lowest BCUT2D eigenvalue weighted by atomic mass is 10.3. The van der Waals surface area contributed by atoms with Crippen LogP contribution in [-0.4, -0.2) is 12.5 Å². The van der Waals surface area contributed by atoms with Crippen LogP contribution in [0.2, 0.25) is 0 Å². The molecule has 0 fully saturated rings. The van der Waals surface area contributed by atoms with Gasteiger partial charge in [-0.2, -0.15) is 0 Å². The summed E-state index contributed by atoms with van der Waals surface area (Å²) in [4.78, 5) is 10.4. The molecule has 0 atom stereocenters. The largest absolute Gasteiger partial charge is 0.399 e. The molecule has 0 aromatic heterocycles. The van der Waals surface area contributed by atoms with E-state index in [0.717, 1.165) is 11.4 Å². The Morgan fingerprint density at radius 3 is 2.36 bits per heavy atom. The fraction of sp³-hybridized carbons (Fsp3) is 0.222. The highest BCUT2D eigenvalue weighted by molar-refractivity contribution is 5.85. The first-order chi connectivity index (χ1) is 6.18. The van der Waals surface area contributed by atoms with Crippen LogP contribution in [0.5, 0.6) is 0 Å². The van der Waals surface area contributed by atoms with E-state index < -0.39 is 0 Å². The molecule has 0 radical (unpaired) electrons. The lowest BCUT2D eigenvalue weighted by Crippen LogP contribution is -2.15. The first kappa shape index (κ1) is 12.6. The van der Waals surface area contributed by atoms with Gasteiger partial charge in [-0.15, -0.1) is 12.4 Å². The van der Waals surface area contributed by atoms with Gasteiger partial charge in [0.2, 0.25) is 5.91 Å². The van der Waals surface area contributed by atoms with Gasteiger partial charge in [0.15, 0.2) is 0 Å². The number of carbonyl (C=O) groups excluding carboxylic acids is 1. The van der Waals surface area contributed by atoms with Gasteiger partial charge >= 0.3 is 0 Å². The van der Waals surface area contributed by atoms with Crippen LogP contribution >= 0.6 is 12.4 Å². The number of hydrogen-bond acceptors (Lipinski definition) is 3. The number of anilines is 2. The monoisotopic (exact) mass is 215 g/mol. The molecule has 1 amide bonds. The molecule has 0 aliphatic carbocycles. The Bertz CT molecular complexity index is 287. The summed E-state index contributed by atoms with van der Waals surface area (Å²) in [6, 6.07) is 7.31. The van der Waals surface area contributed by atoms with Gasteiger partial charge in [-0.05, 0) is 24.3 Å². The van der Waals surface area contributed by atoms with E-state index >= 15 is 0 Å². The summed E-state index contributed by atoms with van der Waals surface area (Å²) in [6.45, 7) is 0.555. The second kappa shape index (κ2) is 6.10. The Morgan fingerprint density at radius 1 is 1.29 bits per heavy atom. The molecule has 4 nitrogen and oxygen atoms in total. The first-order valence-electron chi connectivity index (χ1n) is 4.06. The number of rotatable bonds is 4. The highest BCUT2D eigenvalue weighted by Crippen LogP contribution is 2.09. The Labute approximate surface area is 89.1 Å². The first-order valence-corrected chi connectivity index (χ1v) is 4.06. The summed E-state index contributed by atoms with van der Waals surface area (Å²) in [5, 5.41) is 3.05. The number of amides is 1. The third-order valence-electron chi connectivity index (χ3n) is 1.61. The predicted molar refractivity (Wildman–Crippen MR) is 60.4 cm³/mol. The van der Waals surface area contributed by atoms with Crippen molar-refractivity contribution < 1.29 is 4.79 Å². The molecule has 0 heterocycles. The second-order valence-electron chi connectivity index (χ2n) is 2.77. The Hall–Kier alpha value is -1.42. The number of benzene rings is 1. The SMILES string of the molecule is Cl.NC(=O)CCNc1ccc(N)cc1. The van der Waals surface area contributed by atoms with Crippen molar-refractivity contribution in [3.8, 4) is 0 Å². The van der Waals surface area contributed by atoms with Crippen molar-refractivity contribution in [2.45, 2.75) is 6.42 Å². The molecule has 1 aromatic carbocycles. The second-order valence-corrected chi connectivity index (χ2v) is 2.77. The van der Waals surface area contributed by atoms with Crippen LogP contribution in [-0.2, 0) is 4.79 Å². The van der Waals surface area contributed by atoms with Gasteiger partial charge in [0, 0.05) is 24.3 Å². The summed E-state index contributed by atoms with van der Waals surface area (Å²) in [5.74, 6) is -0.303. The average molecular weight is 216 g/mol. The van der Waals surface area contributed by atoms with Crippen LogP contribution in [0.1, 0.15) is 6.42 Å². The quantitative estimate of drug-likeness (QED) is 0.655. The Balaban J connectivity index is 0.00000169. The minimum absolute atomic E-state index is 0. The van der Waals surface area contributed by atoms with E-state index in [4.69, 9.17) is 11.5 Å². The Kier molecular flexibility index (Phi) is 5.48. The summed E-state index contributed by atoms with van der Waals surface area (Å²) in [7, 11) is 0. The lowest BCUT2D eigenvalue weighted by Gasteiger charge is -2.04. The fourth-order valence-electron chi connectivity index (χ4n) is 0.931. The number of halogens is 1. The number of carbonyl (C=O) groups is 1. The van der Waals surface area contributed by atoms with Gasteiger partial charge in [0.05, 0.1) is 0 Å². The number of hydrogen-bond donors (Lipinski definition) is 3. The van der Waals surface area contributed by atoms with Crippen LogP contribution in [0, 0.1) is 0 Å². The van der Waals surface area contributed by atoms with Gasteiger partial charge < -0.3 is 16.8 Å². The van der Waals surface area contributed by atoms with E-state index in [9.17, 15) is 4.79 Å². The molecule has 0 aliphatic heterocycles. The summed E-state index contributed by atoms with van der Waals surface area (Å²) in [5.41, 5.74) is 12.1. The number of primary amides is 1. The third kappa shape index (κ3) is 4.57. The molecule has 1 rings (SSSR count). The zero-order chi connectivity index (χ0) is 9.68. The standard InChI is InChI=1S/C9H13N3O.ClH/c10-7-1-3-8(4-2-7)12-6-5-9(11)13;/h1-4,12H,5-6,10H2,(H2,11,13);1H. The molecule has 0 saturated carbocycles. The molecular formula is C9H14ClN3O. The molecule has 14 heavy (non-hydrogen) atoms. The zero-order valence-electron chi connectivity index (χ0n) is 7.69. The fourth-order valence-corrected chi connectivity index (χ4v) is 0.931. The molecule has 5 N–H and O–H groups in total. The molecule has 1 aromatic rings. The van der Waals surface area contributed by atoms with E-state index in [1.807, 2.05) is 12.1 Å². The van der Waals surface area contributed by atoms with Crippen molar-refractivity contribution in [2.24, 2.45) is 5.73 Å². The van der Waals surface area contributed by atoms with Crippen LogP contribution in [0.4, 0.5) is 11.4 Å². The summed E-state index contributed by atoms with van der Waals surface area (Å²) in [6.07, 6.45) is 0.338. The van der Waals surface area contributed by atoms with Crippen molar-refractivity contribution in [1.29, 1.82) is 0 Å². The van der Waals surface area contributed by atoms with E-state index in [-0.39, 0.29) is 18.3 Å². The maximum absolute atomic E-state index is 10.4. The summed E-state index contributed by atoms with van der Waals surface area (Å²) >= 11 is 0. The molecule has 0 aliphatic rings. The average Bonchev–Trinajstić information content (AvgIpc) is 2.08. The van der Waals surface area contributed by atoms with Crippen LogP contribution in [0.15, 0.2) is 24.3 Å². The minimum atomic E-state index is -0.303. The van der Waals surface area contributed by atoms with E-state index in [2.05, 4.69) is 5.32 Å². The van der Waals surface area contributed by atoms with Crippen LogP contribution < -0.4 is 16.8 Å². The molecule has 0 bridgehead atoms. The van der Waals surface area contributed by atoms with Gasteiger partial charge in [0.25, 0.3) is 0 Å². The van der Waals surface area contributed by atoms with Crippen molar-refractivity contribution >= 4 is 29.7 Å². The van der Waals surface area contributed by atoms with Crippen molar-refractivity contribution in [1.82, 2.24) is 0 Å². The van der Waals surface area contributed by atoms with Crippen LogP contribution in [0.25, 0.3) is 0 Å². The van der Waals surface area contributed by atoms with Crippen molar-refractivity contribution in [3.63, 3.8) is 0 Å². The topological polar surface area (TPSA) is 81.1 Å².